The molecule has 2 rings (SSSR count). The van der Waals surface area contributed by atoms with Crippen LogP contribution < -0.4 is 0 Å². The van der Waals surface area contributed by atoms with Crippen molar-refractivity contribution in [2.75, 3.05) is 5.75 Å². The van der Waals surface area contributed by atoms with Gasteiger partial charge in [-0.3, -0.25) is 0 Å². The third kappa shape index (κ3) is 4.01. The van der Waals surface area contributed by atoms with Crippen LogP contribution in [0.5, 0.6) is 0 Å². The van der Waals surface area contributed by atoms with Gasteiger partial charge in [-0.15, -0.1) is 10.2 Å². The van der Waals surface area contributed by atoms with Crippen LogP contribution in [0.1, 0.15) is 6.42 Å². The first-order chi connectivity index (χ1) is 9.56. The summed E-state index contributed by atoms with van der Waals surface area (Å²) in [4.78, 5) is 0. The first-order valence-electron chi connectivity index (χ1n) is 5.48. The Bertz CT molecular complexity index is 629. The molecule has 0 unspecified atom stereocenters. The number of aromatic nitrogens is 2. The largest absolute Gasteiger partial charge is 0.411 e. The van der Waals surface area contributed by atoms with Crippen LogP contribution in [0.15, 0.2) is 45.8 Å². The maximum Gasteiger partial charge on any atom is 0.301 e. The lowest BCUT2D eigenvalue weighted by Gasteiger charge is -1.95. The van der Waals surface area contributed by atoms with Crippen molar-refractivity contribution in [2.45, 2.75) is 11.6 Å². The van der Waals surface area contributed by atoms with Crippen molar-refractivity contribution in [3.05, 3.63) is 41.2 Å². The normalized spacial score (nSPS) is 10.6. The number of thioether (sulfide) groups is 1. The van der Waals surface area contributed by atoms with E-state index in [-0.39, 0.29) is 23.3 Å². The zero-order chi connectivity index (χ0) is 14.5. The van der Waals surface area contributed by atoms with Gasteiger partial charge in [-0.2, -0.15) is 8.78 Å². The Labute approximate surface area is 121 Å². The van der Waals surface area contributed by atoms with E-state index in [4.69, 9.17) is 16.0 Å². The third-order valence-electron chi connectivity index (χ3n) is 2.23. The highest BCUT2D eigenvalue weighted by atomic mass is 35.5. The predicted molar refractivity (Wildman–Crippen MR) is 70.4 cm³/mol. The van der Waals surface area contributed by atoms with Gasteiger partial charge < -0.3 is 4.42 Å². The highest BCUT2D eigenvalue weighted by molar-refractivity contribution is 7.99. The van der Waals surface area contributed by atoms with Crippen LogP contribution >= 0.6 is 23.4 Å². The molecule has 0 radical (unpaired) electrons. The summed E-state index contributed by atoms with van der Waals surface area (Å²) in [5.41, 5.74) is 0.651. The Kier molecular flexibility index (Phi) is 5.08. The summed E-state index contributed by atoms with van der Waals surface area (Å²) in [5.74, 6) is -1.07. The van der Waals surface area contributed by atoms with E-state index < -0.39 is 11.9 Å². The highest BCUT2D eigenvalue weighted by Crippen LogP contribution is 2.26. The van der Waals surface area contributed by atoms with Gasteiger partial charge in [-0.1, -0.05) is 29.4 Å². The summed E-state index contributed by atoms with van der Waals surface area (Å²) in [6.45, 7) is 0. The summed E-state index contributed by atoms with van der Waals surface area (Å²) in [5, 5.41) is 8.27. The first kappa shape index (κ1) is 14.9. The van der Waals surface area contributed by atoms with Gasteiger partial charge in [0.25, 0.3) is 5.22 Å². The van der Waals surface area contributed by atoms with Crippen LogP contribution in [0, 0.1) is 0 Å². The molecule has 0 aliphatic heterocycles. The lowest BCUT2D eigenvalue weighted by molar-refractivity contribution is 0.373. The molecule has 0 spiro atoms. The molecule has 2 aromatic rings. The molecule has 0 amide bonds. The van der Waals surface area contributed by atoms with Crippen LogP contribution in [-0.4, -0.2) is 16.0 Å². The monoisotopic (exact) mass is 320 g/mol. The number of nitrogens with zero attached hydrogens (tertiary/aromatic N) is 2. The second-order valence-corrected chi connectivity index (χ2v) is 5.13. The van der Waals surface area contributed by atoms with E-state index in [1.807, 2.05) is 0 Å². The van der Waals surface area contributed by atoms with Crippen LogP contribution in [0.3, 0.4) is 0 Å². The molecule has 1 heterocycles. The molecule has 8 heteroatoms. The van der Waals surface area contributed by atoms with Crippen molar-refractivity contribution in [1.82, 2.24) is 10.2 Å². The van der Waals surface area contributed by atoms with Crippen LogP contribution in [-0.2, 0) is 0 Å². The summed E-state index contributed by atoms with van der Waals surface area (Å²) >= 11 is 6.84. The molecule has 0 N–H and O–H groups in total. The van der Waals surface area contributed by atoms with Gasteiger partial charge in [0.2, 0.25) is 5.89 Å². The molecule has 0 aliphatic rings. The summed E-state index contributed by atoms with van der Waals surface area (Å²) in [7, 11) is 0. The Balaban J connectivity index is 1.98. The number of allylic oxidation sites excluding steroid dienone is 1. The SMILES string of the molecule is FC(F)=C(F)CCSc1nnc(-c2cccc(Cl)c2)o1. The van der Waals surface area contributed by atoms with Gasteiger partial charge in [0.15, 0.2) is 5.83 Å². The van der Waals surface area contributed by atoms with Crippen molar-refractivity contribution in [3.8, 4) is 11.5 Å². The maximum atomic E-state index is 12.6. The highest BCUT2D eigenvalue weighted by Gasteiger charge is 2.11. The number of benzene rings is 1. The van der Waals surface area contributed by atoms with Gasteiger partial charge in [0.05, 0.1) is 0 Å². The lowest BCUT2D eigenvalue weighted by Crippen LogP contribution is -1.82. The van der Waals surface area contributed by atoms with Gasteiger partial charge >= 0.3 is 6.08 Å². The van der Waals surface area contributed by atoms with E-state index in [0.717, 1.165) is 11.8 Å². The van der Waals surface area contributed by atoms with E-state index in [9.17, 15) is 13.2 Å². The van der Waals surface area contributed by atoms with Crippen molar-refractivity contribution in [1.29, 1.82) is 0 Å². The molecular formula is C12H8ClF3N2OS. The van der Waals surface area contributed by atoms with Crippen molar-refractivity contribution in [2.24, 2.45) is 0 Å². The minimum Gasteiger partial charge on any atom is -0.411 e. The van der Waals surface area contributed by atoms with E-state index in [1.54, 1.807) is 24.3 Å². The summed E-state index contributed by atoms with van der Waals surface area (Å²) in [6, 6.07) is 6.84. The fraction of sp³-hybridized carbons (Fsp3) is 0.167. The molecule has 0 saturated heterocycles. The van der Waals surface area contributed by atoms with Gasteiger partial charge in [-0.25, -0.2) is 4.39 Å². The Morgan fingerprint density at radius 3 is 2.75 bits per heavy atom. The minimum absolute atomic E-state index is 0.0837. The molecule has 20 heavy (non-hydrogen) atoms. The fourth-order valence-corrected chi connectivity index (χ4v) is 2.21. The average molecular weight is 321 g/mol. The van der Waals surface area contributed by atoms with Crippen LogP contribution in [0.2, 0.25) is 5.02 Å². The van der Waals surface area contributed by atoms with Crippen molar-refractivity contribution < 1.29 is 17.6 Å². The van der Waals surface area contributed by atoms with Crippen molar-refractivity contribution in [3.63, 3.8) is 0 Å². The van der Waals surface area contributed by atoms with Crippen LogP contribution in [0.25, 0.3) is 11.5 Å². The van der Waals surface area contributed by atoms with Crippen molar-refractivity contribution >= 4 is 23.4 Å². The summed E-state index contributed by atoms with van der Waals surface area (Å²) < 4.78 is 41.6. The number of hydrogen-bond donors (Lipinski definition) is 0. The average Bonchev–Trinajstić information content (AvgIpc) is 2.87. The van der Waals surface area contributed by atoms with Gasteiger partial charge in [-0.05, 0) is 18.2 Å². The molecule has 1 aromatic heterocycles. The number of halogens is 4. The predicted octanol–water partition coefficient (Wildman–Crippen LogP) is 4.95. The lowest BCUT2D eigenvalue weighted by atomic mass is 10.2. The summed E-state index contributed by atoms with van der Waals surface area (Å²) in [6.07, 6.45) is -2.68. The standard InChI is InChI=1S/C12H8ClF3N2OS/c13-8-3-1-2-7(6-8)11-17-18-12(19-11)20-5-4-9(14)10(15)16/h1-3,6H,4-5H2. The van der Waals surface area contributed by atoms with E-state index in [2.05, 4.69) is 10.2 Å². The number of hydrogen-bond acceptors (Lipinski definition) is 4. The molecular weight excluding hydrogens is 313 g/mol. The fourth-order valence-electron chi connectivity index (χ4n) is 1.33. The smallest absolute Gasteiger partial charge is 0.301 e. The Hall–Kier alpha value is -1.47. The molecule has 0 atom stereocenters. The maximum absolute atomic E-state index is 12.6. The second-order valence-electron chi connectivity index (χ2n) is 3.65. The molecule has 0 saturated carbocycles. The quantitative estimate of drug-likeness (QED) is 0.731. The van der Waals surface area contributed by atoms with Crippen LogP contribution in [0.4, 0.5) is 13.2 Å². The first-order valence-corrected chi connectivity index (χ1v) is 6.84. The Morgan fingerprint density at radius 1 is 1.25 bits per heavy atom. The zero-order valence-corrected chi connectivity index (χ0v) is 11.5. The van der Waals surface area contributed by atoms with Gasteiger partial charge in [0, 0.05) is 22.8 Å². The van der Waals surface area contributed by atoms with E-state index >= 15 is 0 Å². The molecule has 0 bridgehead atoms. The molecule has 1 aromatic carbocycles. The number of rotatable bonds is 5. The Morgan fingerprint density at radius 2 is 2.05 bits per heavy atom. The molecule has 3 nitrogen and oxygen atoms in total. The molecule has 0 fully saturated rings. The van der Waals surface area contributed by atoms with Gasteiger partial charge in [0.1, 0.15) is 0 Å². The molecule has 106 valence electrons. The topological polar surface area (TPSA) is 38.9 Å². The van der Waals surface area contributed by atoms with E-state index in [0.29, 0.717) is 10.6 Å². The second kappa shape index (κ2) is 6.81. The minimum atomic E-state index is -2.30. The third-order valence-corrected chi connectivity index (χ3v) is 3.29. The zero-order valence-electron chi connectivity index (χ0n) is 9.95. The van der Waals surface area contributed by atoms with E-state index in [1.165, 1.54) is 0 Å². The molecule has 0 aliphatic carbocycles.